The van der Waals surface area contributed by atoms with Gasteiger partial charge >= 0.3 is 6.03 Å². The third-order valence-corrected chi connectivity index (χ3v) is 6.35. The summed E-state index contributed by atoms with van der Waals surface area (Å²) in [7, 11) is 0. The van der Waals surface area contributed by atoms with Gasteiger partial charge in [0.2, 0.25) is 6.79 Å². The number of pyridine rings is 1. The van der Waals surface area contributed by atoms with Gasteiger partial charge in [0, 0.05) is 29.5 Å². The maximum atomic E-state index is 13.6. The number of aryl methyl sites for hydroxylation is 2. The lowest BCUT2D eigenvalue weighted by atomic mass is 9.92. The SMILES string of the molecule is Cc1cc(C)cc(NC(=O)N2CCc3c([nH]c4ncccc34)C2c2ccc3c(c2)OCO3)c1. The normalized spacial score (nSPS) is 16.7. The third kappa shape index (κ3) is 3.36. The van der Waals surface area contributed by atoms with Crippen molar-refractivity contribution in [3.05, 3.63) is 82.7 Å². The second-order valence-corrected chi connectivity index (χ2v) is 8.68. The number of amides is 2. The lowest BCUT2D eigenvalue weighted by Gasteiger charge is -2.36. The zero-order valence-electron chi connectivity index (χ0n) is 18.5. The van der Waals surface area contributed by atoms with Crippen molar-refractivity contribution in [1.29, 1.82) is 0 Å². The highest BCUT2D eigenvalue weighted by Crippen LogP contribution is 2.42. The van der Waals surface area contributed by atoms with Crippen LogP contribution in [0.1, 0.15) is 34.0 Å². The Balaban J connectivity index is 1.43. The molecule has 0 fully saturated rings. The third-order valence-electron chi connectivity index (χ3n) is 6.35. The first-order valence-corrected chi connectivity index (χ1v) is 11.1. The first kappa shape index (κ1) is 19.7. The van der Waals surface area contributed by atoms with Crippen LogP contribution in [0.5, 0.6) is 11.5 Å². The highest BCUT2D eigenvalue weighted by atomic mass is 16.7. The van der Waals surface area contributed by atoms with Crippen LogP contribution >= 0.6 is 0 Å². The predicted molar refractivity (Wildman–Crippen MR) is 126 cm³/mol. The standard InChI is InChI=1S/C26H24N4O3/c1-15-10-16(2)12-18(11-15)28-26(31)30-9-7-19-20-4-3-8-27-25(20)29-23(19)24(30)17-5-6-21-22(13-17)33-14-32-21/h3-6,8,10-13,24H,7,9,14H2,1-2H3,(H,27,29)(H,28,31). The monoisotopic (exact) mass is 440 g/mol. The van der Waals surface area contributed by atoms with Crippen molar-refractivity contribution in [1.82, 2.24) is 14.9 Å². The van der Waals surface area contributed by atoms with Gasteiger partial charge < -0.3 is 24.7 Å². The van der Waals surface area contributed by atoms with Crippen LogP contribution in [0.3, 0.4) is 0 Å². The van der Waals surface area contributed by atoms with E-state index in [-0.39, 0.29) is 18.9 Å². The van der Waals surface area contributed by atoms with Crippen LogP contribution in [0.15, 0.2) is 54.7 Å². The number of anilines is 1. The van der Waals surface area contributed by atoms with Crippen LogP contribution < -0.4 is 14.8 Å². The van der Waals surface area contributed by atoms with Crippen molar-refractivity contribution >= 4 is 22.8 Å². The molecule has 7 nitrogen and oxygen atoms in total. The molecule has 2 aromatic carbocycles. The lowest BCUT2D eigenvalue weighted by molar-refractivity contribution is 0.173. The molecule has 0 saturated carbocycles. The molecule has 0 spiro atoms. The van der Waals surface area contributed by atoms with Crippen LogP contribution in [-0.4, -0.2) is 34.2 Å². The highest BCUT2D eigenvalue weighted by Gasteiger charge is 2.35. The average molecular weight is 441 g/mol. The Kier molecular flexibility index (Phi) is 4.50. The molecule has 0 radical (unpaired) electrons. The molecular weight excluding hydrogens is 416 g/mol. The molecule has 33 heavy (non-hydrogen) atoms. The van der Waals surface area contributed by atoms with E-state index in [1.165, 1.54) is 5.56 Å². The second kappa shape index (κ2) is 7.55. The fraction of sp³-hybridized carbons (Fsp3) is 0.231. The van der Waals surface area contributed by atoms with Crippen LogP contribution in [0.25, 0.3) is 11.0 Å². The topological polar surface area (TPSA) is 79.5 Å². The molecule has 1 atom stereocenters. The maximum absolute atomic E-state index is 13.6. The molecule has 4 aromatic rings. The summed E-state index contributed by atoms with van der Waals surface area (Å²) in [6.45, 7) is 4.86. The molecule has 0 aliphatic carbocycles. The molecule has 6 rings (SSSR count). The maximum Gasteiger partial charge on any atom is 0.322 e. The summed E-state index contributed by atoms with van der Waals surface area (Å²) in [6.07, 6.45) is 2.53. The van der Waals surface area contributed by atoms with Gasteiger partial charge in [0.15, 0.2) is 11.5 Å². The molecule has 2 N–H and O–H groups in total. The number of carbonyl (C=O) groups excluding carboxylic acids is 1. The van der Waals surface area contributed by atoms with Crippen molar-refractivity contribution in [3.63, 3.8) is 0 Å². The minimum absolute atomic E-state index is 0.139. The van der Waals surface area contributed by atoms with Gasteiger partial charge in [-0.05, 0) is 78.9 Å². The Morgan fingerprint density at radius 2 is 1.91 bits per heavy atom. The smallest absolute Gasteiger partial charge is 0.322 e. The van der Waals surface area contributed by atoms with Crippen LogP contribution in [0.2, 0.25) is 0 Å². The summed E-state index contributed by atoms with van der Waals surface area (Å²) < 4.78 is 11.1. The number of aromatic nitrogens is 2. The molecule has 2 aliphatic rings. The summed E-state index contributed by atoms with van der Waals surface area (Å²) in [5.74, 6) is 1.42. The molecule has 4 heterocycles. The van der Waals surface area contributed by atoms with E-state index in [0.29, 0.717) is 12.3 Å². The van der Waals surface area contributed by atoms with Crippen LogP contribution in [-0.2, 0) is 6.42 Å². The van der Waals surface area contributed by atoms with Crippen molar-refractivity contribution in [2.45, 2.75) is 26.3 Å². The average Bonchev–Trinajstić information content (AvgIpc) is 3.41. The summed E-state index contributed by atoms with van der Waals surface area (Å²) in [6, 6.07) is 15.5. The largest absolute Gasteiger partial charge is 0.454 e. The second-order valence-electron chi connectivity index (χ2n) is 8.68. The minimum Gasteiger partial charge on any atom is -0.454 e. The number of fused-ring (bicyclic) bond motifs is 4. The van der Waals surface area contributed by atoms with E-state index in [0.717, 1.165) is 51.3 Å². The summed E-state index contributed by atoms with van der Waals surface area (Å²) in [5.41, 5.74) is 7.01. The van der Waals surface area contributed by atoms with E-state index in [1.54, 1.807) is 6.20 Å². The van der Waals surface area contributed by atoms with Gasteiger partial charge in [0.05, 0.1) is 6.04 Å². The van der Waals surface area contributed by atoms with Crippen molar-refractivity contribution in [2.24, 2.45) is 0 Å². The Bertz CT molecular complexity index is 1370. The molecule has 2 amide bonds. The molecule has 1 unspecified atom stereocenters. The number of rotatable bonds is 2. The number of urea groups is 1. The van der Waals surface area contributed by atoms with Crippen molar-refractivity contribution < 1.29 is 14.3 Å². The number of hydrogen-bond donors (Lipinski definition) is 2. The van der Waals surface area contributed by atoms with Gasteiger partial charge in [-0.25, -0.2) is 9.78 Å². The summed E-state index contributed by atoms with van der Waals surface area (Å²) in [5, 5.41) is 4.22. The van der Waals surface area contributed by atoms with E-state index >= 15 is 0 Å². The fourth-order valence-electron chi connectivity index (χ4n) is 5.01. The molecule has 166 valence electrons. The summed E-state index contributed by atoms with van der Waals surface area (Å²) in [4.78, 5) is 23.4. The number of H-pyrrole nitrogens is 1. The van der Waals surface area contributed by atoms with Crippen LogP contribution in [0, 0.1) is 13.8 Å². The van der Waals surface area contributed by atoms with E-state index in [4.69, 9.17) is 9.47 Å². The molecular formula is C26H24N4O3. The minimum atomic E-state index is -0.302. The van der Waals surface area contributed by atoms with Gasteiger partial charge in [-0.3, -0.25) is 0 Å². The van der Waals surface area contributed by atoms with Gasteiger partial charge in [-0.15, -0.1) is 0 Å². The molecule has 0 saturated heterocycles. The van der Waals surface area contributed by atoms with Gasteiger partial charge in [-0.2, -0.15) is 0 Å². The summed E-state index contributed by atoms with van der Waals surface area (Å²) >= 11 is 0. The number of ether oxygens (including phenoxy) is 2. The lowest BCUT2D eigenvalue weighted by Crippen LogP contribution is -2.43. The van der Waals surface area contributed by atoms with Gasteiger partial charge in [0.1, 0.15) is 5.65 Å². The molecule has 0 bridgehead atoms. The van der Waals surface area contributed by atoms with E-state index < -0.39 is 0 Å². The Labute approximate surface area is 191 Å². The molecule has 2 aliphatic heterocycles. The number of aromatic amines is 1. The van der Waals surface area contributed by atoms with E-state index in [9.17, 15) is 4.79 Å². The number of nitrogens with one attached hydrogen (secondary N) is 2. The first-order valence-electron chi connectivity index (χ1n) is 11.1. The number of carbonyl (C=O) groups is 1. The van der Waals surface area contributed by atoms with E-state index in [1.807, 2.05) is 55.1 Å². The zero-order chi connectivity index (χ0) is 22.5. The highest BCUT2D eigenvalue weighted by molar-refractivity contribution is 5.91. The number of benzene rings is 2. The van der Waals surface area contributed by atoms with Gasteiger partial charge in [0.25, 0.3) is 0 Å². The molecule has 2 aromatic heterocycles. The Morgan fingerprint density at radius 3 is 2.76 bits per heavy atom. The van der Waals surface area contributed by atoms with E-state index in [2.05, 4.69) is 27.4 Å². The number of hydrogen-bond acceptors (Lipinski definition) is 4. The quantitative estimate of drug-likeness (QED) is 0.455. The van der Waals surface area contributed by atoms with Crippen molar-refractivity contribution in [3.8, 4) is 11.5 Å². The first-order chi connectivity index (χ1) is 16.1. The predicted octanol–water partition coefficient (Wildman–Crippen LogP) is 5.09. The Morgan fingerprint density at radius 1 is 1.09 bits per heavy atom. The van der Waals surface area contributed by atoms with Crippen LogP contribution in [0.4, 0.5) is 10.5 Å². The molecule has 7 heteroatoms. The fourth-order valence-corrected chi connectivity index (χ4v) is 5.01. The van der Waals surface area contributed by atoms with Gasteiger partial charge in [-0.1, -0.05) is 12.1 Å². The zero-order valence-corrected chi connectivity index (χ0v) is 18.5. The number of nitrogens with zero attached hydrogens (tertiary/aromatic N) is 2. The van der Waals surface area contributed by atoms with Crippen molar-refractivity contribution in [2.75, 3.05) is 18.7 Å². The Hall–Kier alpha value is -4.00.